The van der Waals surface area contributed by atoms with Crippen molar-refractivity contribution in [1.29, 1.82) is 0 Å². The number of nitrogens with zero attached hydrogens (tertiary/aromatic N) is 3. The first-order chi connectivity index (χ1) is 13.7. The molecule has 0 saturated carbocycles. The molecule has 2 N–H and O–H groups in total. The van der Waals surface area contributed by atoms with Gasteiger partial charge in [0.05, 0.1) is 6.04 Å². The second kappa shape index (κ2) is 6.78. The Balaban J connectivity index is 1.52. The number of carbonyl (C=O) groups excluding carboxylic acids is 1. The summed E-state index contributed by atoms with van der Waals surface area (Å²) >= 11 is 0. The predicted molar refractivity (Wildman–Crippen MR) is 108 cm³/mol. The maximum atomic E-state index is 13.5. The summed E-state index contributed by atoms with van der Waals surface area (Å²) in [5.41, 5.74) is 1.81. The van der Waals surface area contributed by atoms with Crippen LogP contribution in [0.15, 0.2) is 42.6 Å². The lowest BCUT2D eigenvalue weighted by Gasteiger charge is -2.51. The minimum Gasteiger partial charge on any atom is -0.508 e. The van der Waals surface area contributed by atoms with Gasteiger partial charge < -0.3 is 15.3 Å². The van der Waals surface area contributed by atoms with Crippen molar-refractivity contribution in [3.8, 4) is 5.75 Å². The molecule has 0 spiro atoms. The molecule has 6 heteroatoms. The molecular weight excluding hydrogens is 352 g/mol. The monoisotopic (exact) mass is 378 g/mol. The lowest BCUT2D eigenvalue weighted by molar-refractivity contribution is -0.00341. The predicted octanol–water partition coefficient (Wildman–Crippen LogP) is 2.53. The van der Waals surface area contributed by atoms with E-state index in [-0.39, 0.29) is 17.9 Å². The number of pyridine rings is 1. The Kier molecular flexibility index (Phi) is 4.23. The number of anilines is 1. The number of piperidine rings is 3. The van der Waals surface area contributed by atoms with Crippen LogP contribution < -0.4 is 5.32 Å². The molecular formula is C22H26N4O2. The van der Waals surface area contributed by atoms with Crippen LogP contribution in [0.3, 0.4) is 0 Å². The summed E-state index contributed by atoms with van der Waals surface area (Å²) in [5, 5.41) is 13.0. The molecule has 0 aliphatic carbocycles. The molecule has 1 aromatic heterocycles. The molecule has 6 rings (SSSR count). The number of phenols is 1. The van der Waals surface area contributed by atoms with Crippen LogP contribution in [0.5, 0.6) is 5.75 Å². The van der Waals surface area contributed by atoms with E-state index < -0.39 is 0 Å². The molecule has 0 radical (unpaired) electrons. The molecule has 28 heavy (non-hydrogen) atoms. The lowest BCUT2D eigenvalue weighted by atomic mass is 9.75. The molecule has 1 amide bonds. The molecule has 146 valence electrons. The third kappa shape index (κ3) is 2.75. The molecule has 5 heterocycles. The van der Waals surface area contributed by atoms with Gasteiger partial charge in [0.25, 0.3) is 5.91 Å². The number of nitrogens with one attached hydrogen (secondary N) is 1. The Hall–Kier alpha value is -2.60. The Bertz CT molecular complexity index is 894. The van der Waals surface area contributed by atoms with Gasteiger partial charge in [0.1, 0.15) is 11.6 Å². The van der Waals surface area contributed by atoms with E-state index in [1.54, 1.807) is 18.3 Å². The maximum Gasteiger partial charge on any atom is 0.254 e. The highest BCUT2D eigenvalue weighted by Crippen LogP contribution is 2.47. The van der Waals surface area contributed by atoms with Gasteiger partial charge in [0.2, 0.25) is 0 Å². The van der Waals surface area contributed by atoms with Crippen LogP contribution in [-0.4, -0.2) is 64.6 Å². The molecule has 4 fully saturated rings. The Labute approximate surface area is 165 Å². The van der Waals surface area contributed by atoms with E-state index in [4.69, 9.17) is 0 Å². The quantitative estimate of drug-likeness (QED) is 0.859. The number of phenolic OH excluding ortho intramolecular Hbond substituents is 1. The van der Waals surface area contributed by atoms with Crippen LogP contribution in [-0.2, 0) is 0 Å². The van der Waals surface area contributed by atoms with Crippen molar-refractivity contribution in [3.63, 3.8) is 0 Å². The SMILES string of the molecule is CNc1cc(C(=O)N2C[C@H](c3cccc(O)c3)[C@H]3[C@@H]2C2CCN3CC2)ccn1. The molecule has 4 aliphatic heterocycles. The number of hydrogen-bond acceptors (Lipinski definition) is 5. The average Bonchev–Trinajstić information content (AvgIpc) is 3.17. The first kappa shape index (κ1) is 17.5. The van der Waals surface area contributed by atoms with E-state index in [1.165, 1.54) is 0 Å². The van der Waals surface area contributed by atoms with Gasteiger partial charge in [-0.05, 0) is 61.7 Å². The topological polar surface area (TPSA) is 68.7 Å². The van der Waals surface area contributed by atoms with Crippen molar-refractivity contribution in [2.75, 3.05) is 32.0 Å². The third-order valence-electron chi connectivity index (χ3n) is 6.82. The molecule has 2 aromatic rings. The van der Waals surface area contributed by atoms with Crippen molar-refractivity contribution in [1.82, 2.24) is 14.8 Å². The van der Waals surface area contributed by atoms with Crippen LogP contribution in [0.1, 0.15) is 34.7 Å². The number of amides is 1. The molecule has 1 aromatic carbocycles. The van der Waals surface area contributed by atoms with Gasteiger partial charge in [-0.3, -0.25) is 9.69 Å². The first-order valence-corrected chi connectivity index (χ1v) is 10.1. The number of likely N-dealkylation sites (tertiary alicyclic amines) is 1. The van der Waals surface area contributed by atoms with Crippen LogP contribution in [0.2, 0.25) is 0 Å². The second-order valence-corrected chi connectivity index (χ2v) is 8.19. The highest BCUT2D eigenvalue weighted by Gasteiger charge is 2.54. The van der Waals surface area contributed by atoms with Crippen molar-refractivity contribution in [2.45, 2.75) is 30.8 Å². The van der Waals surface area contributed by atoms with Crippen molar-refractivity contribution in [3.05, 3.63) is 53.7 Å². The van der Waals surface area contributed by atoms with E-state index in [0.29, 0.717) is 35.6 Å². The molecule has 3 atom stereocenters. The molecule has 2 bridgehead atoms. The zero-order valence-electron chi connectivity index (χ0n) is 16.1. The number of rotatable bonds is 3. The fourth-order valence-corrected chi connectivity index (χ4v) is 5.57. The summed E-state index contributed by atoms with van der Waals surface area (Å²) in [6, 6.07) is 11.8. The van der Waals surface area contributed by atoms with Crippen LogP contribution >= 0.6 is 0 Å². The highest BCUT2D eigenvalue weighted by atomic mass is 16.3. The van der Waals surface area contributed by atoms with Crippen LogP contribution in [0.25, 0.3) is 0 Å². The number of hydrogen-bond donors (Lipinski definition) is 2. The second-order valence-electron chi connectivity index (χ2n) is 8.19. The van der Waals surface area contributed by atoms with Gasteiger partial charge in [-0.25, -0.2) is 4.98 Å². The molecule has 4 aliphatic rings. The largest absolute Gasteiger partial charge is 0.508 e. The summed E-state index contributed by atoms with van der Waals surface area (Å²) in [6.45, 7) is 2.92. The van der Waals surface area contributed by atoms with Gasteiger partial charge in [0, 0.05) is 37.3 Å². The van der Waals surface area contributed by atoms with Gasteiger partial charge in [0.15, 0.2) is 0 Å². The molecule has 6 nitrogen and oxygen atoms in total. The minimum absolute atomic E-state index is 0.0882. The van der Waals surface area contributed by atoms with Gasteiger partial charge >= 0.3 is 0 Å². The van der Waals surface area contributed by atoms with Crippen LogP contribution in [0, 0.1) is 5.92 Å². The number of aromatic nitrogens is 1. The van der Waals surface area contributed by atoms with Crippen molar-refractivity contribution in [2.24, 2.45) is 5.92 Å². The summed E-state index contributed by atoms with van der Waals surface area (Å²) in [7, 11) is 1.81. The molecule has 0 unspecified atom stereocenters. The lowest BCUT2D eigenvalue weighted by Crippen LogP contribution is -2.60. The zero-order valence-corrected chi connectivity index (χ0v) is 16.1. The summed E-state index contributed by atoms with van der Waals surface area (Å²) in [5.74, 6) is 1.88. The van der Waals surface area contributed by atoms with Crippen molar-refractivity contribution >= 4 is 11.7 Å². The summed E-state index contributed by atoms with van der Waals surface area (Å²) in [6.07, 6.45) is 4.02. The maximum absolute atomic E-state index is 13.5. The van der Waals surface area contributed by atoms with E-state index in [0.717, 1.165) is 31.5 Å². The number of carbonyl (C=O) groups is 1. The smallest absolute Gasteiger partial charge is 0.254 e. The number of fused-ring (bicyclic) bond motifs is 2. The Morgan fingerprint density at radius 1 is 1.18 bits per heavy atom. The van der Waals surface area contributed by atoms with Crippen LogP contribution in [0.4, 0.5) is 5.82 Å². The van der Waals surface area contributed by atoms with Gasteiger partial charge in [-0.2, -0.15) is 0 Å². The summed E-state index contributed by atoms with van der Waals surface area (Å²) < 4.78 is 0. The zero-order chi connectivity index (χ0) is 19.3. The fourth-order valence-electron chi connectivity index (χ4n) is 5.57. The third-order valence-corrected chi connectivity index (χ3v) is 6.82. The minimum atomic E-state index is 0.0882. The van der Waals surface area contributed by atoms with Crippen molar-refractivity contribution < 1.29 is 9.90 Å². The number of aromatic hydroxyl groups is 1. The Morgan fingerprint density at radius 2 is 2.00 bits per heavy atom. The molecule has 4 saturated heterocycles. The standard InChI is InChI=1S/C22H26N4O2/c1-23-19-12-16(5-8-24-19)22(28)26-13-18(15-3-2-4-17(27)11-15)21-20(26)14-6-9-25(21)10-7-14/h2-5,8,11-12,14,18,20-21,27H,6-7,9-10,13H2,1H3,(H,23,24)/t18-,20+,21+/m1/s1. The Morgan fingerprint density at radius 3 is 2.75 bits per heavy atom. The highest BCUT2D eigenvalue weighted by molar-refractivity contribution is 5.95. The summed E-state index contributed by atoms with van der Waals surface area (Å²) in [4.78, 5) is 22.4. The average molecular weight is 378 g/mol. The normalized spacial score (nSPS) is 30.9. The van der Waals surface area contributed by atoms with Gasteiger partial charge in [-0.1, -0.05) is 12.1 Å². The van der Waals surface area contributed by atoms with E-state index in [2.05, 4.69) is 26.2 Å². The fraction of sp³-hybridized carbons (Fsp3) is 0.455. The number of benzene rings is 1. The van der Waals surface area contributed by atoms with Gasteiger partial charge in [-0.15, -0.1) is 0 Å². The van der Waals surface area contributed by atoms with E-state index in [9.17, 15) is 9.90 Å². The van der Waals surface area contributed by atoms with E-state index >= 15 is 0 Å². The first-order valence-electron chi connectivity index (χ1n) is 10.1. The van der Waals surface area contributed by atoms with E-state index in [1.807, 2.05) is 25.2 Å².